The van der Waals surface area contributed by atoms with E-state index in [2.05, 4.69) is 10.0 Å². The van der Waals surface area contributed by atoms with Crippen LogP contribution in [0.5, 0.6) is 11.5 Å². The number of piperidine rings is 1. The first-order valence-corrected chi connectivity index (χ1v) is 11.9. The van der Waals surface area contributed by atoms with Crippen molar-refractivity contribution in [1.29, 1.82) is 0 Å². The average molecular weight is 478 g/mol. The SMILES string of the molecule is CC(=O)O.Cc1cc(OCC2CCN(C=NN)CC2)cc(OS(=O)(=O)c2cccc(C)c2)c1. The van der Waals surface area contributed by atoms with Crippen molar-refractivity contribution >= 4 is 22.4 Å². The van der Waals surface area contributed by atoms with Gasteiger partial charge < -0.3 is 24.8 Å². The number of carboxylic acids is 1. The summed E-state index contributed by atoms with van der Waals surface area (Å²) in [4.78, 5) is 11.2. The zero-order valence-electron chi connectivity index (χ0n) is 19.1. The van der Waals surface area contributed by atoms with Crippen molar-refractivity contribution in [3.63, 3.8) is 0 Å². The van der Waals surface area contributed by atoms with Crippen LogP contribution >= 0.6 is 0 Å². The molecule has 2 aromatic carbocycles. The predicted molar refractivity (Wildman–Crippen MR) is 126 cm³/mol. The Morgan fingerprint density at radius 2 is 1.79 bits per heavy atom. The van der Waals surface area contributed by atoms with E-state index in [-0.39, 0.29) is 10.6 Å². The minimum Gasteiger partial charge on any atom is -0.493 e. The summed E-state index contributed by atoms with van der Waals surface area (Å²) in [5, 5.41) is 11.0. The standard InChI is InChI=1S/C21H27N3O4S.C2H4O2/c1-16-4-3-5-21(12-16)29(25,26)28-20-11-17(2)10-19(13-20)27-14-18-6-8-24(9-7-18)15-23-22;1-2(3)4/h3-5,10-13,15,18H,6-9,14,22H2,1-2H3;1H3,(H,3,4). The highest BCUT2D eigenvalue weighted by Crippen LogP contribution is 2.27. The molecule has 0 atom stereocenters. The lowest BCUT2D eigenvalue weighted by atomic mass is 9.98. The third-order valence-corrected chi connectivity index (χ3v) is 6.12. The fourth-order valence-corrected chi connectivity index (χ4v) is 4.36. The first kappa shape index (κ1) is 26.0. The molecule has 0 unspecified atom stereocenters. The second kappa shape index (κ2) is 12.1. The van der Waals surface area contributed by atoms with Gasteiger partial charge in [-0.05, 0) is 68.0 Å². The Labute approximate surface area is 194 Å². The molecule has 1 saturated heterocycles. The molecule has 3 rings (SSSR count). The molecule has 0 amide bonds. The number of hydrazone groups is 1. The summed E-state index contributed by atoms with van der Waals surface area (Å²) in [6.07, 6.45) is 3.64. The van der Waals surface area contributed by atoms with E-state index in [1.165, 1.54) is 6.07 Å². The molecule has 33 heavy (non-hydrogen) atoms. The normalized spacial score (nSPS) is 14.5. The number of nitrogens with zero attached hydrogens (tertiary/aromatic N) is 2. The number of benzene rings is 2. The maximum atomic E-state index is 12.6. The fraction of sp³-hybridized carbons (Fsp3) is 0.391. The van der Waals surface area contributed by atoms with Gasteiger partial charge in [0.15, 0.2) is 0 Å². The van der Waals surface area contributed by atoms with Crippen molar-refractivity contribution in [2.75, 3.05) is 19.7 Å². The molecule has 9 nitrogen and oxygen atoms in total. The molecule has 1 heterocycles. The molecular weight excluding hydrogens is 446 g/mol. The molecular formula is C23H31N3O6S. The summed E-state index contributed by atoms with van der Waals surface area (Å²) in [5.74, 6) is 5.64. The number of ether oxygens (including phenoxy) is 1. The van der Waals surface area contributed by atoms with E-state index in [0.29, 0.717) is 18.3 Å². The van der Waals surface area contributed by atoms with Gasteiger partial charge in [-0.25, -0.2) is 0 Å². The van der Waals surface area contributed by atoms with E-state index in [1.54, 1.807) is 30.6 Å². The van der Waals surface area contributed by atoms with E-state index in [4.69, 9.17) is 24.7 Å². The summed E-state index contributed by atoms with van der Waals surface area (Å²) in [6.45, 7) is 7.16. The van der Waals surface area contributed by atoms with Gasteiger partial charge >= 0.3 is 10.1 Å². The van der Waals surface area contributed by atoms with E-state index < -0.39 is 16.1 Å². The molecule has 0 radical (unpaired) electrons. The Hall–Kier alpha value is -3.27. The van der Waals surface area contributed by atoms with E-state index in [1.807, 2.05) is 26.0 Å². The number of rotatable bonds is 7. The number of hydrogen-bond donors (Lipinski definition) is 2. The Morgan fingerprint density at radius 3 is 2.39 bits per heavy atom. The average Bonchev–Trinajstić information content (AvgIpc) is 2.72. The van der Waals surface area contributed by atoms with E-state index in [0.717, 1.165) is 44.0 Å². The molecule has 2 aromatic rings. The van der Waals surface area contributed by atoms with Crippen LogP contribution in [-0.2, 0) is 14.9 Å². The van der Waals surface area contributed by atoms with Crippen molar-refractivity contribution in [2.45, 2.75) is 38.5 Å². The highest BCUT2D eigenvalue weighted by atomic mass is 32.2. The fourth-order valence-electron chi connectivity index (χ4n) is 3.33. The van der Waals surface area contributed by atoms with Crippen molar-refractivity contribution in [3.05, 3.63) is 53.6 Å². The molecule has 180 valence electrons. The highest BCUT2D eigenvalue weighted by molar-refractivity contribution is 7.87. The molecule has 1 fully saturated rings. The van der Waals surface area contributed by atoms with Crippen LogP contribution in [0.4, 0.5) is 0 Å². The van der Waals surface area contributed by atoms with Crippen LogP contribution < -0.4 is 14.8 Å². The van der Waals surface area contributed by atoms with Gasteiger partial charge in [-0.2, -0.15) is 13.5 Å². The number of nitrogens with two attached hydrogens (primary N) is 1. The zero-order chi connectivity index (χ0) is 24.4. The van der Waals surface area contributed by atoms with Gasteiger partial charge in [0.1, 0.15) is 22.7 Å². The molecule has 0 aromatic heterocycles. The van der Waals surface area contributed by atoms with Crippen molar-refractivity contribution in [3.8, 4) is 11.5 Å². The first-order valence-electron chi connectivity index (χ1n) is 10.5. The highest BCUT2D eigenvalue weighted by Gasteiger charge is 2.20. The molecule has 0 aliphatic carbocycles. The maximum absolute atomic E-state index is 12.6. The Kier molecular flexibility index (Phi) is 9.53. The lowest BCUT2D eigenvalue weighted by Gasteiger charge is -2.30. The van der Waals surface area contributed by atoms with Gasteiger partial charge in [0.2, 0.25) is 0 Å². The monoisotopic (exact) mass is 477 g/mol. The second-order valence-corrected chi connectivity index (χ2v) is 9.46. The number of aliphatic carboxylic acids is 1. The van der Waals surface area contributed by atoms with Crippen LogP contribution in [0, 0.1) is 19.8 Å². The number of carbonyl (C=O) groups is 1. The van der Waals surface area contributed by atoms with E-state index in [9.17, 15) is 8.42 Å². The molecule has 0 saturated carbocycles. The number of carboxylic acid groups (broad SMARTS) is 1. The number of aryl methyl sites for hydroxylation is 2. The minimum atomic E-state index is -3.90. The summed E-state index contributed by atoms with van der Waals surface area (Å²) in [6, 6.07) is 11.8. The molecule has 0 bridgehead atoms. The van der Waals surface area contributed by atoms with E-state index >= 15 is 0 Å². The van der Waals surface area contributed by atoms with Crippen LogP contribution in [0.2, 0.25) is 0 Å². The molecule has 10 heteroatoms. The lowest BCUT2D eigenvalue weighted by molar-refractivity contribution is -0.134. The summed E-state index contributed by atoms with van der Waals surface area (Å²) in [7, 11) is -3.90. The van der Waals surface area contributed by atoms with Crippen molar-refractivity contribution < 1.29 is 27.2 Å². The predicted octanol–water partition coefficient (Wildman–Crippen LogP) is 3.15. The van der Waals surface area contributed by atoms with Gasteiger partial charge in [0, 0.05) is 26.1 Å². The number of likely N-dealkylation sites (tertiary alicyclic amines) is 1. The van der Waals surface area contributed by atoms with Gasteiger partial charge in [0.05, 0.1) is 6.61 Å². The topological polar surface area (TPSA) is 132 Å². The van der Waals surface area contributed by atoms with Crippen LogP contribution in [0.15, 0.2) is 52.5 Å². The summed E-state index contributed by atoms with van der Waals surface area (Å²) >= 11 is 0. The summed E-state index contributed by atoms with van der Waals surface area (Å²) < 4.78 is 36.5. The lowest BCUT2D eigenvalue weighted by Crippen LogP contribution is -2.34. The van der Waals surface area contributed by atoms with Crippen LogP contribution in [0.25, 0.3) is 0 Å². The van der Waals surface area contributed by atoms with Crippen LogP contribution in [0.3, 0.4) is 0 Å². The second-order valence-electron chi connectivity index (χ2n) is 7.91. The van der Waals surface area contributed by atoms with Crippen molar-refractivity contribution in [2.24, 2.45) is 16.9 Å². The minimum absolute atomic E-state index is 0.134. The zero-order valence-corrected chi connectivity index (χ0v) is 19.9. The van der Waals surface area contributed by atoms with Gasteiger partial charge in [-0.1, -0.05) is 12.1 Å². The maximum Gasteiger partial charge on any atom is 0.339 e. The Balaban J connectivity index is 0.000000890. The third kappa shape index (κ3) is 9.01. The molecule has 1 aliphatic rings. The van der Waals surface area contributed by atoms with Crippen LogP contribution in [0.1, 0.15) is 30.9 Å². The van der Waals surface area contributed by atoms with Crippen molar-refractivity contribution in [1.82, 2.24) is 4.90 Å². The Morgan fingerprint density at radius 1 is 1.15 bits per heavy atom. The third-order valence-electron chi connectivity index (χ3n) is 4.87. The molecule has 3 N–H and O–H groups in total. The number of hydrogen-bond acceptors (Lipinski definition) is 7. The van der Waals surface area contributed by atoms with Crippen LogP contribution in [-0.4, -0.2) is 50.4 Å². The largest absolute Gasteiger partial charge is 0.493 e. The quantitative estimate of drug-likeness (QED) is 0.204. The van der Waals surface area contributed by atoms with Gasteiger partial charge in [0.25, 0.3) is 5.97 Å². The Bertz CT molecular complexity index is 1060. The molecule has 1 aliphatic heterocycles. The smallest absolute Gasteiger partial charge is 0.339 e. The van der Waals surface area contributed by atoms with Gasteiger partial charge in [-0.3, -0.25) is 4.79 Å². The first-order chi connectivity index (χ1) is 15.6. The molecule has 0 spiro atoms. The van der Waals surface area contributed by atoms with Gasteiger partial charge in [-0.15, -0.1) is 0 Å². The summed E-state index contributed by atoms with van der Waals surface area (Å²) in [5.41, 5.74) is 1.72.